The van der Waals surface area contributed by atoms with Gasteiger partial charge in [0, 0.05) is 17.8 Å². The summed E-state index contributed by atoms with van der Waals surface area (Å²) in [5.74, 6) is -2.38. The number of likely N-dealkylation sites (tertiary alicyclic amines) is 1. The van der Waals surface area contributed by atoms with Crippen LogP contribution in [0.25, 0.3) is 0 Å². The highest BCUT2D eigenvalue weighted by Crippen LogP contribution is 2.38. The summed E-state index contributed by atoms with van der Waals surface area (Å²) in [5, 5.41) is 5.89. The SMILES string of the molecule is O=C(N[C@@H]1CN(C(=O)Nc2ccccc2)C[C@H]1OC(=O)c1cc(OCc2ccccc2)c(C(=O)c2c(OCc3ccccc3)cccc2C(=O)OCc2ccccc2)c(OCc2ccccc2)c1)c1ccc(OCc2ccccc2)cc1. The van der Waals surface area contributed by atoms with Gasteiger partial charge in [0.15, 0.2) is 0 Å². The summed E-state index contributed by atoms with van der Waals surface area (Å²) in [7, 11) is 0. The van der Waals surface area contributed by atoms with E-state index in [4.69, 9.17) is 28.4 Å². The van der Waals surface area contributed by atoms with Crippen LogP contribution in [0.4, 0.5) is 10.5 Å². The van der Waals surface area contributed by atoms with Crippen molar-refractivity contribution in [1.29, 1.82) is 0 Å². The summed E-state index contributed by atoms with van der Waals surface area (Å²) in [5.41, 5.74) is 4.45. The van der Waals surface area contributed by atoms with Crippen LogP contribution in [0.5, 0.6) is 23.0 Å². The third kappa shape index (κ3) is 14.4. The molecule has 0 unspecified atom stereocenters. The predicted molar refractivity (Wildman–Crippen MR) is 309 cm³/mol. The van der Waals surface area contributed by atoms with Crippen LogP contribution in [-0.4, -0.2) is 59.8 Å². The van der Waals surface area contributed by atoms with Crippen molar-refractivity contribution < 1.29 is 52.4 Å². The van der Waals surface area contributed by atoms with Crippen LogP contribution in [0, 0.1) is 0 Å². The van der Waals surface area contributed by atoms with Gasteiger partial charge in [-0.2, -0.15) is 0 Å². The minimum absolute atomic E-state index is 0.0210. The van der Waals surface area contributed by atoms with Crippen LogP contribution in [0.3, 0.4) is 0 Å². The van der Waals surface area contributed by atoms with E-state index in [1.165, 1.54) is 23.1 Å². The van der Waals surface area contributed by atoms with Crippen LogP contribution in [0.1, 0.15) is 74.8 Å². The Morgan fingerprint density at radius 3 is 1.40 bits per heavy atom. The molecule has 2 atom stereocenters. The summed E-state index contributed by atoms with van der Waals surface area (Å²) >= 11 is 0. The third-order valence-corrected chi connectivity index (χ3v) is 13.4. The lowest BCUT2D eigenvalue weighted by atomic mass is 9.94. The first kappa shape index (κ1) is 54.9. The number of rotatable bonds is 22. The molecule has 14 nitrogen and oxygen atoms in total. The van der Waals surface area contributed by atoms with Crippen molar-refractivity contribution in [3.8, 4) is 23.0 Å². The van der Waals surface area contributed by atoms with Crippen molar-refractivity contribution in [3.63, 3.8) is 0 Å². The topological polar surface area (TPSA) is 168 Å². The van der Waals surface area contributed by atoms with Crippen molar-refractivity contribution in [3.05, 3.63) is 292 Å². The van der Waals surface area contributed by atoms with E-state index in [9.17, 15) is 19.2 Å². The minimum atomic E-state index is -1.08. The van der Waals surface area contributed by atoms with Gasteiger partial charge in [-0.1, -0.05) is 176 Å². The van der Waals surface area contributed by atoms with E-state index < -0.39 is 41.8 Å². The van der Waals surface area contributed by atoms with Crippen molar-refractivity contribution in [1.82, 2.24) is 10.2 Å². The molecular weight excluding hydrogens is 1030 g/mol. The smallest absolute Gasteiger partial charge is 0.339 e. The first-order valence-electron chi connectivity index (χ1n) is 26.7. The molecule has 0 aliphatic carbocycles. The Morgan fingerprint density at radius 2 is 0.890 bits per heavy atom. The van der Waals surface area contributed by atoms with Crippen LogP contribution < -0.4 is 29.6 Å². The number of carbonyl (C=O) groups is 5. The number of para-hydroxylation sites is 1. The summed E-state index contributed by atoms with van der Waals surface area (Å²) < 4.78 is 37.7. The van der Waals surface area contributed by atoms with Gasteiger partial charge < -0.3 is 44.0 Å². The van der Waals surface area contributed by atoms with Crippen molar-refractivity contribution in [2.45, 2.75) is 45.2 Å². The van der Waals surface area contributed by atoms with Crippen LogP contribution in [0.15, 0.2) is 237 Å². The maximum atomic E-state index is 15.9. The van der Waals surface area contributed by atoms with Gasteiger partial charge in [0.05, 0.1) is 29.3 Å². The van der Waals surface area contributed by atoms with E-state index in [0.29, 0.717) is 23.6 Å². The number of hydrogen-bond donors (Lipinski definition) is 2. The molecule has 1 heterocycles. The Bertz CT molecular complexity index is 3550. The number of carbonyl (C=O) groups excluding carboxylic acids is 5. The molecule has 410 valence electrons. The molecule has 1 fully saturated rings. The second-order valence-electron chi connectivity index (χ2n) is 19.3. The maximum Gasteiger partial charge on any atom is 0.339 e. The van der Waals surface area contributed by atoms with Gasteiger partial charge in [0.25, 0.3) is 5.91 Å². The zero-order chi connectivity index (χ0) is 56.5. The highest BCUT2D eigenvalue weighted by molar-refractivity contribution is 6.19. The lowest BCUT2D eigenvalue weighted by molar-refractivity contribution is 0.0271. The number of esters is 2. The first-order valence-corrected chi connectivity index (χ1v) is 26.7. The van der Waals surface area contributed by atoms with E-state index in [0.717, 1.165) is 27.8 Å². The number of amides is 3. The summed E-state index contributed by atoms with van der Waals surface area (Å²) in [6, 6.07) is 68.4. The number of anilines is 1. The highest BCUT2D eigenvalue weighted by Gasteiger charge is 2.40. The van der Waals surface area contributed by atoms with Gasteiger partial charge in [-0.05, 0) is 88.5 Å². The number of nitrogens with zero attached hydrogens (tertiary/aromatic N) is 1. The first-order chi connectivity index (χ1) is 40.2. The molecule has 9 aromatic rings. The third-order valence-electron chi connectivity index (χ3n) is 13.4. The van der Waals surface area contributed by atoms with Crippen LogP contribution >= 0.6 is 0 Å². The number of urea groups is 1. The molecule has 3 amide bonds. The van der Waals surface area contributed by atoms with E-state index in [2.05, 4.69) is 10.6 Å². The largest absolute Gasteiger partial charge is 0.489 e. The van der Waals surface area contributed by atoms with Gasteiger partial charge >= 0.3 is 18.0 Å². The molecule has 0 saturated carbocycles. The fraction of sp³-hybridized carbons (Fsp3) is 0.132. The Hall–Kier alpha value is -10.5. The summed E-state index contributed by atoms with van der Waals surface area (Å²) in [4.78, 5) is 74.4. The molecule has 1 aliphatic heterocycles. The molecule has 0 spiro atoms. The molecule has 1 aliphatic rings. The molecule has 14 heteroatoms. The van der Waals surface area contributed by atoms with E-state index in [1.54, 1.807) is 60.7 Å². The van der Waals surface area contributed by atoms with Crippen molar-refractivity contribution in [2.75, 3.05) is 18.4 Å². The Balaban J connectivity index is 1.00. The van der Waals surface area contributed by atoms with Gasteiger partial charge in [-0.3, -0.25) is 9.59 Å². The Labute approximate surface area is 474 Å². The fourth-order valence-corrected chi connectivity index (χ4v) is 9.17. The molecular formula is C68H57N3O11. The molecule has 0 aromatic heterocycles. The molecule has 10 rings (SSSR count). The van der Waals surface area contributed by atoms with E-state index in [-0.39, 0.29) is 79.0 Å². The second-order valence-corrected chi connectivity index (χ2v) is 19.3. The Kier molecular flexibility index (Phi) is 18.0. The lowest BCUT2D eigenvalue weighted by Gasteiger charge is -2.22. The fourth-order valence-electron chi connectivity index (χ4n) is 9.17. The molecule has 0 radical (unpaired) electrons. The van der Waals surface area contributed by atoms with E-state index >= 15 is 4.79 Å². The average Bonchev–Trinajstić information content (AvgIpc) is 4.06. The molecule has 82 heavy (non-hydrogen) atoms. The number of ketones is 1. The van der Waals surface area contributed by atoms with Gasteiger partial charge in [0.1, 0.15) is 67.7 Å². The normalized spacial score (nSPS) is 13.5. The zero-order valence-corrected chi connectivity index (χ0v) is 44.6. The van der Waals surface area contributed by atoms with Crippen molar-refractivity contribution >= 4 is 35.3 Å². The lowest BCUT2D eigenvalue weighted by Crippen LogP contribution is -2.44. The van der Waals surface area contributed by atoms with E-state index in [1.807, 2.05) is 158 Å². The van der Waals surface area contributed by atoms with Crippen LogP contribution in [0.2, 0.25) is 0 Å². The quantitative estimate of drug-likeness (QED) is 0.0489. The standard InChI is InChI=1S/C68H57N3O11/c72-64(62-56(67(75)81-46-51-28-15-5-16-29-51)32-19-33-58(62)78-43-48-22-9-2-10-23-48)63-59(79-44-49-24-11-3-12-25-49)38-53(39-60(63)80-45-50-26-13-4-14-27-50)66(74)82-61-41-71(68(76)69-54-30-17-6-18-31-54)40-57(61)70-65(73)52-34-36-55(37-35-52)77-42-47-20-7-1-8-21-47/h1-39,57,61H,40-46H2,(H,69,76)(H,70,73)/t57-,61-/m1/s1. The molecule has 9 aromatic carbocycles. The van der Waals surface area contributed by atoms with Crippen LogP contribution in [-0.2, 0) is 42.5 Å². The summed E-state index contributed by atoms with van der Waals surface area (Å²) in [6.07, 6.45) is -1.08. The monoisotopic (exact) mass is 1090 g/mol. The number of ether oxygens (including phenoxy) is 6. The Morgan fingerprint density at radius 1 is 0.427 bits per heavy atom. The minimum Gasteiger partial charge on any atom is -0.489 e. The number of benzene rings is 9. The average molecular weight is 1090 g/mol. The number of nitrogens with one attached hydrogen (secondary N) is 2. The zero-order valence-electron chi connectivity index (χ0n) is 44.6. The predicted octanol–water partition coefficient (Wildman–Crippen LogP) is 12.5. The summed E-state index contributed by atoms with van der Waals surface area (Å²) in [6.45, 7) is 0.0789. The second kappa shape index (κ2) is 26.9. The molecule has 2 N–H and O–H groups in total. The van der Waals surface area contributed by atoms with Gasteiger partial charge in [0.2, 0.25) is 5.78 Å². The molecule has 0 bridgehead atoms. The maximum absolute atomic E-state index is 15.9. The highest BCUT2D eigenvalue weighted by atomic mass is 16.5. The molecule has 1 saturated heterocycles. The van der Waals surface area contributed by atoms with Crippen molar-refractivity contribution in [2.24, 2.45) is 0 Å². The van der Waals surface area contributed by atoms with Gasteiger partial charge in [-0.15, -0.1) is 0 Å². The number of hydrogen-bond acceptors (Lipinski definition) is 11. The van der Waals surface area contributed by atoms with Gasteiger partial charge in [-0.25, -0.2) is 14.4 Å².